The molecule has 0 radical (unpaired) electrons. The van der Waals surface area contributed by atoms with Crippen molar-refractivity contribution >= 4 is 16.9 Å². The van der Waals surface area contributed by atoms with Gasteiger partial charge in [-0.3, -0.25) is 10.0 Å². The van der Waals surface area contributed by atoms with Gasteiger partial charge in [-0.1, -0.05) is 30.3 Å². The van der Waals surface area contributed by atoms with Crippen molar-refractivity contribution in [2.24, 2.45) is 0 Å². The molecule has 0 bridgehead atoms. The van der Waals surface area contributed by atoms with Gasteiger partial charge in [0, 0.05) is 12.0 Å². The Morgan fingerprint density at radius 1 is 1.20 bits per heavy atom. The molecule has 2 aromatic carbocycles. The summed E-state index contributed by atoms with van der Waals surface area (Å²) >= 11 is 0. The lowest BCUT2D eigenvalue weighted by atomic mass is 10.1. The Balaban J connectivity index is 1.92. The van der Waals surface area contributed by atoms with Gasteiger partial charge in [0.15, 0.2) is 0 Å². The molecule has 0 saturated heterocycles. The molecule has 0 atom stereocenters. The number of carbonyl (C=O) groups is 1. The van der Waals surface area contributed by atoms with Gasteiger partial charge in [-0.2, -0.15) is 0 Å². The topological polar surface area (TPSA) is 78.0 Å². The third-order valence-electron chi connectivity index (χ3n) is 3.11. The zero-order chi connectivity index (χ0) is 13.9. The summed E-state index contributed by atoms with van der Waals surface area (Å²) in [6, 6.07) is 15.1. The number of nitrogens with zero attached hydrogens (tertiary/aromatic N) is 1. The van der Waals surface area contributed by atoms with Crippen LogP contribution in [0.5, 0.6) is 0 Å². The number of amides is 1. The molecule has 20 heavy (non-hydrogen) atoms. The van der Waals surface area contributed by atoms with Crippen LogP contribution in [0.2, 0.25) is 0 Å². The van der Waals surface area contributed by atoms with Crippen molar-refractivity contribution in [1.29, 1.82) is 0 Å². The average Bonchev–Trinajstić information content (AvgIpc) is 2.88. The lowest BCUT2D eigenvalue weighted by Crippen LogP contribution is -2.18. The first kappa shape index (κ1) is 12.4. The molecule has 0 unspecified atom stereocenters. The number of H-pyrrole nitrogens is 1. The van der Waals surface area contributed by atoms with E-state index in [9.17, 15) is 4.79 Å². The van der Waals surface area contributed by atoms with E-state index in [4.69, 9.17) is 5.21 Å². The van der Waals surface area contributed by atoms with E-state index in [0.717, 1.165) is 16.9 Å². The second-order valence-corrected chi connectivity index (χ2v) is 4.52. The molecule has 3 aromatic rings. The number of benzene rings is 2. The van der Waals surface area contributed by atoms with Crippen LogP contribution < -0.4 is 5.48 Å². The van der Waals surface area contributed by atoms with Gasteiger partial charge in [0.2, 0.25) is 0 Å². The average molecular weight is 267 g/mol. The van der Waals surface area contributed by atoms with Gasteiger partial charge >= 0.3 is 0 Å². The molecule has 5 heteroatoms. The summed E-state index contributed by atoms with van der Waals surface area (Å²) in [5.41, 5.74) is 4.74. The number of hydrogen-bond acceptors (Lipinski definition) is 3. The van der Waals surface area contributed by atoms with E-state index in [2.05, 4.69) is 9.97 Å². The Kier molecular flexibility index (Phi) is 3.18. The van der Waals surface area contributed by atoms with Crippen LogP contribution in [-0.4, -0.2) is 21.1 Å². The highest BCUT2D eigenvalue weighted by Gasteiger charge is 2.08. The summed E-state index contributed by atoms with van der Waals surface area (Å²) in [5, 5.41) is 8.63. The fraction of sp³-hybridized carbons (Fsp3) is 0.0667. The number of aromatic amines is 1. The van der Waals surface area contributed by atoms with Crippen LogP contribution in [0.4, 0.5) is 0 Å². The van der Waals surface area contributed by atoms with Crippen LogP contribution in [0.3, 0.4) is 0 Å². The molecule has 0 aliphatic heterocycles. The van der Waals surface area contributed by atoms with E-state index in [1.807, 2.05) is 30.3 Å². The summed E-state index contributed by atoms with van der Waals surface area (Å²) in [4.78, 5) is 19.0. The largest absolute Gasteiger partial charge is 0.342 e. The number of fused-ring (bicyclic) bond motifs is 1. The highest BCUT2D eigenvalue weighted by molar-refractivity contribution is 5.96. The SMILES string of the molecule is O=C(NO)c1ccc2nc(Cc3ccccc3)[nH]c2c1. The summed E-state index contributed by atoms with van der Waals surface area (Å²) < 4.78 is 0. The predicted octanol–water partition coefficient (Wildman–Crippen LogP) is 2.27. The molecule has 3 N–H and O–H groups in total. The van der Waals surface area contributed by atoms with E-state index in [1.165, 1.54) is 5.56 Å². The normalized spacial score (nSPS) is 10.7. The number of imidazole rings is 1. The van der Waals surface area contributed by atoms with Crippen molar-refractivity contribution in [2.45, 2.75) is 6.42 Å². The fourth-order valence-corrected chi connectivity index (χ4v) is 2.14. The van der Waals surface area contributed by atoms with Gasteiger partial charge in [0.05, 0.1) is 11.0 Å². The minimum absolute atomic E-state index is 0.384. The van der Waals surface area contributed by atoms with E-state index in [-0.39, 0.29) is 0 Å². The Bertz CT molecular complexity index is 750. The molecule has 5 nitrogen and oxygen atoms in total. The molecule has 100 valence electrons. The Labute approximate surface area is 115 Å². The number of aromatic nitrogens is 2. The number of rotatable bonds is 3. The third kappa shape index (κ3) is 2.39. The third-order valence-corrected chi connectivity index (χ3v) is 3.11. The number of nitrogens with one attached hydrogen (secondary N) is 2. The molecule has 0 spiro atoms. The van der Waals surface area contributed by atoms with Crippen molar-refractivity contribution in [3.05, 3.63) is 65.5 Å². The Morgan fingerprint density at radius 2 is 2.00 bits per heavy atom. The summed E-state index contributed by atoms with van der Waals surface area (Å²) in [5.74, 6) is 0.305. The molecular formula is C15H13N3O2. The van der Waals surface area contributed by atoms with Crippen LogP contribution in [-0.2, 0) is 6.42 Å². The van der Waals surface area contributed by atoms with E-state index >= 15 is 0 Å². The van der Waals surface area contributed by atoms with Gasteiger partial charge < -0.3 is 4.98 Å². The van der Waals surface area contributed by atoms with Crippen LogP contribution in [0.1, 0.15) is 21.7 Å². The Morgan fingerprint density at radius 3 is 2.75 bits per heavy atom. The van der Waals surface area contributed by atoms with Crippen LogP contribution >= 0.6 is 0 Å². The van der Waals surface area contributed by atoms with E-state index < -0.39 is 5.91 Å². The zero-order valence-corrected chi connectivity index (χ0v) is 10.6. The van der Waals surface area contributed by atoms with Crippen molar-refractivity contribution in [3.8, 4) is 0 Å². The van der Waals surface area contributed by atoms with Crippen molar-refractivity contribution in [3.63, 3.8) is 0 Å². The second kappa shape index (κ2) is 5.14. The molecule has 0 aliphatic carbocycles. The van der Waals surface area contributed by atoms with Crippen molar-refractivity contribution in [1.82, 2.24) is 15.4 Å². The summed E-state index contributed by atoms with van der Waals surface area (Å²) in [6.45, 7) is 0. The monoisotopic (exact) mass is 267 g/mol. The van der Waals surface area contributed by atoms with Crippen molar-refractivity contribution in [2.75, 3.05) is 0 Å². The minimum Gasteiger partial charge on any atom is -0.342 e. The van der Waals surface area contributed by atoms with Gasteiger partial charge in [0.25, 0.3) is 5.91 Å². The smallest absolute Gasteiger partial charge is 0.274 e. The molecule has 1 heterocycles. The van der Waals surface area contributed by atoms with Gasteiger partial charge in [-0.25, -0.2) is 10.5 Å². The number of hydrogen-bond donors (Lipinski definition) is 3. The first-order valence-corrected chi connectivity index (χ1v) is 6.23. The molecule has 1 aromatic heterocycles. The first-order valence-electron chi connectivity index (χ1n) is 6.23. The van der Waals surface area contributed by atoms with Crippen LogP contribution in [0, 0.1) is 0 Å². The number of carbonyl (C=O) groups excluding carboxylic acids is 1. The minimum atomic E-state index is -0.536. The lowest BCUT2D eigenvalue weighted by molar-refractivity contribution is 0.0706. The highest BCUT2D eigenvalue weighted by Crippen LogP contribution is 2.16. The quantitative estimate of drug-likeness (QED) is 0.503. The Hall–Kier alpha value is -2.66. The predicted molar refractivity (Wildman–Crippen MR) is 74.6 cm³/mol. The molecular weight excluding hydrogens is 254 g/mol. The maximum Gasteiger partial charge on any atom is 0.274 e. The van der Waals surface area contributed by atoms with Gasteiger partial charge in [-0.05, 0) is 23.8 Å². The molecule has 3 rings (SSSR count). The van der Waals surface area contributed by atoms with E-state index in [1.54, 1.807) is 23.7 Å². The maximum absolute atomic E-state index is 11.4. The molecule has 1 amide bonds. The molecule has 0 saturated carbocycles. The van der Waals surface area contributed by atoms with Crippen LogP contribution in [0.25, 0.3) is 11.0 Å². The zero-order valence-electron chi connectivity index (χ0n) is 10.6. The van der Waals surface area contributed by atoms with Gasteiger partial charge in [0.1, 0.15) is 5.82 Å². The first-order chi connectivity index (χ1) is 9.76. The standard InChI is InChI=1S/C15H13N3O2/c19-15(18-20)11-6-7-12-13(9-11)17-14(16-12)8-10-4-2-1-3-5-10/h1-7,9,20H,8H2,(H,16,17)(H,18,19). The van der Waals surface area contributed by atoms with Crippen molar-refractivity contribution < 1.29 is 10.0 Å². The molecule has 0 aliphatic rings. The number of hydroxylamine groups is 1. The second-order valence-electron chi connectivity index (χ2n) is 4.52. The maximum atomic E-state index is 11.4. The summed E-state index contributed by atoms with van der Waals surface area (Å²) in [6.07, 6.45) is 0.705. The fourth-order valence-electron chi connectivity index (χ4n) is 2.14. The van der Waals surface area contributed by atoms with Crippen LogP contribution in [0.15, 0.2) is 48.5 Å². The molecule has 0 fully saturated rings. The lowest BCUT2D eigenvalue weighted by Gasteiger charge is -1.97. The van der Waals surface area contributed by atoms with E-state index in [0.29, 0.717) is 12.0 Å². The van der Waals surface area contributed by atoms with Gasteiger partial charge in [-0.15, -0.1) is 0 Å². The summed E-state index contributed by atoms with van der Waals surface area (Å²) in [7, 11) is 0. The highest BCUT2D eigenvalue weighted by atomic mass is 16.5.